The Morgan fingerprint density at radius 1 is 0.938 bits per heavy atom. The number of fused-ring (bicyclic) bond motifs is 3. The Morgan fingerprint density at radius 3 is 2.31 bits per heavy atom. The fourth-order valence-corrected chi connectivity index (χ4v) is 8.18. The van der Waals surface area contributed by atoms with Crippen molar-refractivity contribution in [1.82, 2.24) is 4.83 Å². The summed E-state index contributed by atoms with van der Waals surface area (Å²) in [4.78, 5) is 2.82. The molecular weight excluding hydrogens is 416 g/mol. The lowest BCUT2D eigenvalue weighted by Crippen LogP contribution is -2.57. The molecule has 0 unspecified atom stereocenters. The highest BCUT2D eigenvalue weighted by Crippen LogP contribution is 2.66. The molecule has 1 N–H and O–H groups in total. The van der Waals surface area contributed by atoms with Gasteiger partial charge in [-0.3, -0.25) is 0 Å². The van der Waals surface area contributed by atoms with E-state index in [1.807, 2.05) is 19.1 Å². The van der Waals surface area contributed by atoms with Crippen LogP contribution in [0.3, 0.4) is 0 Å². The number of hydrogen-bond donors (Lipinski definition) is 1. The predicted octanol–water partition coefficient (Wildman–Crippen LogP) is 6.62. The summed E-state index contributed by atoms with van der Waals surface area (Å²) in [6, 6.07) is 6.93. The summed E-state index contributed by atoms with van der Waals surface area (Å²) < 4.78 is 25.6. The summed E-state index contributed by atoms with van der Waals surface area (Å²) in [6.07, 6.45) is 10.5. The minimum Gasteiger partial charge on any atom is -0.200 e. The Morgan fingerprint density at radius 2 is 1.62 bits per heavy atom. The number of nitrogens with zero attached hydrogens (tertiary/aromatic N) is 1. The Labute approximate surface area is 195 Å². The molecule has 0 heterocycles. The summed E-state index contributed by atoms with van der Waals surface area (Å²) in [6.45, 7) is 13.9. The van der Waals surface area contributed by atoms with Crippen LogP contribution in [-0.2, 0) is 10.0 Å². The summed E-state index contributed by atoms with van der Waals surface area (Å²) in [5, 5.41) is 4.55. The summed E-state index contributed by atoms with van der Waals surface area (Å²) >= 11 is 0. The maximum Gasteiger partial charge on any atom is 0.276 e. The molecule has 1 aromatic carbocycles. The van der Waals surface area contributed by atoms with Crippen molar-refractivity contribution in [3.8, 4) is 0 Å². The van der Waals surface area contributed by atoms with E-state index >= 15 is 0 Å². The first-order valence-electron chi connectivity index (χ1n) is 12.2. The first-order valence-corrected chi connectivity index (χ1v) is 13.7. The molecule has 4 rings (SSSR count). The van der Waals surface area contributed by atoms with Crippen LogP contribution in [0.5, 0.6) is 0 Å². The van der Waals surface area contributed by atoms with Crippen LogP contribution in [-0.4, -0.2) is 14.1 Å². The van der Waals surface area contributed by atoms with Gasteiger partial charge >= 0.3 is 0 Å². The number of rotatable bonds is 3. The van der Waals surface area contributed by atoms with Crippen LogP contribution >= 0.6 is 0 Å². The largest absolute Gasteiger partial charge is 0.276 e. The molecule has 3 aliphatic carbocycles. The number of aryl methyl sites for hydroxylation is 1. The third-order valence-electron chi connectivity index (χ3n) is 9.33. The van der Waals surface area contributed by atoms with Crippen molar-refractivity contribution in [2.75, 3.05) is 0 Å². The minimum absolute atomic E-state index is 0.126. The zero-order chi connectivity index (χ0) is 23.4. The molecule has 176 valence electrons. The molecule has 0 aliphatic heterocycles. The van der Waals surface area contributed by atoms with Crippen LogP contribution in [0.15, 0.2) is 45.9 Å². The van der Waals surface area contributed by atoms with Gasteiger partial charge in [-0.15, -0.1) is 0 Å². The Bertz CT molecular complexity index is 1040. The maximum atomic E-state index is 12.8. The molecule has 0 aromatic heterocycles. The van der Waals surface area contributed by atoms with Crippen molar-refractivity contribution in [3.63, 3.8) is 0 Å². The molecule has 2 fully saturated rings. The number of allylic oxidation sites excluding steroid dienone is 2. The Kier molecular flexibility index (Phi) is 5.89. The topological polar surface area (TPSA) is 58.5 Å². The van der Waals surface area contributed by atoms with E-state index in [0.717, 1.165) is 24.1 Å². The standard InChI is InChI=1S/C27H40N2O2S/c1-19-7-10-21(11-8-19)32(30,31)29-28-24-15-18-27(6)22(25(24,3)4)14-17-26(5)16-13-20(2)9-12-23(26)27/h7-8,10-11,13,22-23,29H,9,12,14-18H2,1-6H3/b28-24+/t22-,23-,26+,27-/m0/s1. The third kappa shape index (κ3) is 3.95. The van der Waals surface area contributed by atoms with Gasteiger partial charge in [0.15, 0.2) is 0 Å². The molecule has 2 saturated carbocycles. The number of nitrogens with one attached hydrogen (secondary N) is 1. The molecule has 0 saturated heterocycles. The monoisotopic (exact) mass is 456 g/mol. The van der Waals surface area contributed by atoms with E-state index in [-0.39, 0.29) is 15.7 Å². The normalized spacial score (nSPS) is 35.9. The minimum atomic E-state index is -3.66. The van der Waals surface area contributed by atoms with Crippen LogP contribution in [0.1, 0.15) is 85.1 Å². The van der Waals surface area contributed by atoms with Crippen molar-refractivity contribution in [3.05, 3.63) is 41.5 Å². The Hall–Kier alpha value is -1.62. The highest BCUT2D eigenvalue weighted by molar-refractivity contribution is 7.89. The first-order chi connectivity index (χ1) is 14.9. The second-order valence-corrected chi connectivity index (χ2v) is 13.4. The molecule has 0 bridgehead atoms. The van der Waals surface area contributed by atoms with Gasteiger partial charge in [0.2, 0.25) is 0 Å². The quantitative estimate of drug-likeness (QED) is 0.410. The van der Waals surface area contributed by atoms with Crippen molar-refractivity contribution >= 4 is 15.7 Å². The van der Waals surface area contributed by atoms with Crippen LogP contribution in [0.4, 0.5) is 0 Å². The van der Waals surface area contributed by atoms with Gasteiger partial charge in [-0.1, -0.05) is 57.0 Å². The summed E-state index contributed by atoms with van der Waals surface area (Å²) in [5.74, 6) is 1.22. The molecule has 0 spiro atoms. The highest BCUT2D eigenvalue weighted by Gasteiger charge is 2.59. The van der Waals surface area contributed by atoms with Crippen molar-refractivity contribution in [1.29, 1.82) is 0 Å². The van der Waals surface area contributed by atoms with Gasteiger partial charge in [0, 0.05) is 11.1 Å². The van der Waals surface area contributed by atoms with Crippen molar-refractivity contribution in [2.24, 2.45) is 33.2 Å². The average molecular weight is 457 g/mol. The van der Waals surface area contributed by atoms with E-state index in [4.69, 9.17) is 0 Å². The predicted molar refractivity (Wildman–Crippen MR) is 132 cm³/mol. The number of hydrazone groups is 1. The van der Waals surface area contributed by atoms with Gasteiger partial charge in [-0.2, -0.15) is 13.5 Å². The second kappa shape index (κ2) is 8.00. The molecule has 4 atom stereocenters. The molecule has 0 radical (unpaired) electrons. The molecule has 4 nitrogen and oxygen atoms in total. The van der Waals surface area contributed by atoms with E-state index in [0.29, 0.717) is 17.3 Å². The lowest BCUT2D eigenvalue weighted by molar-refractivity contribution is -0.0989. The average Bonchev–Trinajstić information content (AvgIpc) is 2.86. The van der Waals surface area contributed by atoms with Gasteiger partial charge in [-0.05, 0) is 93.6 Å². The zero-order valence-electron chi connectivity index (χ0n) is 20.7. The van der Waals surface area contributed by atoms with E-state index in [1.165, 1.54) is 32.1 Å². The summed E-state index contributed by atoms with van der Waals surface area (Å²) in [5.41, 5.74) is 4.10. The van der Waals surface area contributed by atoms with Gasteiger partial charge in [-0.25, -0.2) is 4.83 Å². The highest BCUT2D eigenvalue weighted by atomic mass is 32.2. The van der Waals surface area contributed by atoms with Crippen LogP contribution in [0.2, 0.25) is 0 Å². The molecule has 5 heteroatoms. The fraction of sp³-hybridized carbons (Fsp3) is 0.667. The van der Waals surface area contributed by atoms with E-state index in [1.54, 1.807) is 17.7 Å². The maximum absolute atomic E-state index is 12.8. The van der Waals surface area contributed by atoms with Crippen molar-refractivity contribution in [2.45, 2.75) is 91.4 Å². The van der Waals surface area contributed by atoms with Crippen molar-refractivity contribution < 1.29 is 8.42 Å². The van der Waals surface area contributed by atoms with Gasteiger partial charge in [0.05, 0.1) is 4.90 Å². The van der Waals surface area contributed by atoms with E-state index < -0.39 is 10.0 Å². The lowest BCUT2D eigenvalue weighted by atomic mass is 9.42. The van der Waals surface area contributed by atoms with Gasteiger partial charge < -0.3 is 0 Å². The third-order valence-corrected chi connectivity index (χ3v) is 10.6. The second-order valence-electron chi connectivity index (χ2n) is 11.8. The smallest absolute Gasteiger partial charge is 0.200 e. The lowest BCUT2D eigenvalue weighted by Gasteiger charge is -2.62. The van der Waals surface area contributed by atoms with Gasteiger partial charge in [0.25, 0.3) is 10.0 Å². The molecule has 1 aromatic rings. The van der Waals surface area contributed by atoms with Gasteiger partial charge in [0.1, 0.15) is 0 Å². The fourth-order valence-electron chi connectivity index (χ4n) is 7.35. The number of sulfonamides is 1. The van der Waals surface area contributed by atoms with Crippen LogP contribution in [0, 0.1) is 35.0 Å². The molecular formula is C27H40N2O2S. The van der Waals surface area contributed by atoms with E-state index in [2.05, 4.69) is 50.6 Å². The van der Waals surface area contributed by atoms with Crippen LogP contribution in [0.25, 0.3) is 0 Å². The molecule has 0 amide bonds. The number of benzene rings is 1. The first kappa shape index (κ1) is 23.5. The van der Waals surface area contributed by atoms with Crippen LogP contribution < -0.4 is 4.83 Å². The molecule has 3 aliphatic rings. The Balaban J connectivity index is 1.59. The summed E-state index contributed by atoms with van der Waals surface area (Å²) in [7, 11) is -3.66. The molecule has 32 heavy (non-hydrogen) atoms. The zero-order valence-corrected chi connectivity index (χ0v) is 21.5. The SMILES string of the molecule is CC1=CC[C@]2(C)CC[C@H]3C(C)(C)/C(=N/NS(=O)(=O)c4ccc(C)cc4)CC[C@]3(C)[C@H]2CC1. The number of hydrogen-bond acceptors (Lipinski definition) is 3. The van der Waals surface area contributed by atoms with E-state index in [9.17, 15) is 8.42 Å².